The molecule has 0 saturated carbocycles. The van der Waals surface area contributed by atoms with Crippen LogP contribution in [0.25, 0.3) is 0 Å². The van der Waals surface area contributed by atoms with E-state index in [1.54, 1.807) is 18.3 Å². The van der Waals surface area contributed by atoms with Crippen molar-refractivity contribution < 1.29 is 0 Å². The summed E-state index contributed by atoms with van der Waals surface area (Å²) in [5, 5.41) is 12.5. The van der Waals surface area contributed by atoms with Crippen molar-refractivity contribution in [3.63, 3.8) is 0 Å². The van der Waals surface area contributed by atoms with E-state index < -0.39 is 0 Å². The van der Waals surface area contributed by atoms with E-state index in [0.29, 0.717) is 10.6 Å². The number of nitriles is 1. The minimum Gasteiger partial charge on any atom is -0.354 e. The van der Waals surface area contributed by atoms with E-state index in [0.717, 1.165) is 22.6 Å². The highest BCUT2D eigenvalue weighted by Crippen LogP contribution is 2.26. The zero-order valence-electron chi connectivity index (χ0n) is 10.2. The molecule has 0 aliphatic heterocycles. The number of aryl methyl sites for hydroxylation is 2. The number of nitrogens with zero attached hydrogens (tertiary/aromatic N) is 2. The molecule has 4 heteroatoms. The van der Waals surface area contributed by atoms with Crippen molar-refractivity contribution in [3.8, 4) is 6.07 Å². The normalized spacial score (nSPS) is 9.89. The molecule has 0 fully saturated rings. The monoisotopic (exact) mass is 257 g/mol. The molecule has 0 saturated heterocycles. The van der Waals surface area contributed by atoms with Crippen LogP contribution in [-0.4, -0.2) is 4.98 Å². The Morgan fingerprint density at radius 2 is 2.06 bits per heavy atom. The molecule has 1 aromatic carbocycles. The van der Waals surface area contributed by atoms with Crippen molar-refractivity contribution >= 4 is 23.0 Å². The largest absolute Gasteiger partial charge is 0.354 e. The van der Waals surface area contributed by atoms with Gasteiger partial charge in [-0.3, -0.25) is 4.98 Å². The van der Waals surface area contributed by atoms with Crippen LogP contribution in [0.1, 0.15) is 16.8 Å². The minimum absolute atomic E-state index is 0.446. The summed E-state index contributed by atoms with van der Waals surface area (Å²) in [7, 11) is 0. The van der Waals surface area contributed by atoms with Gasteiger partial charge in [0.1, 0.15) is 6.07 Å². The van der Waals surface area contributed by atoms with Crippen molar-refractivity contribution in [2.75, 3.05) is 5.32 Å². The second-order valence-corrected chi connectivity index (χ2v) is 4.43. The summed E-state index contributed by atoms with van der Waals surface area (Å²) >= 11 is 6.00. The van der Waals surface area contributed by atoms with Crippen LogP contribution in [0.15, 0.2) is 30.5 Å². The molecule has 1 heterocycles. The Kier molecular flexibility index (Phi) is 3.50. The molecule has 2 aromatic rings. The zero-order valence-corrected chi connectivity index (χ0v) is 10.9. The van der Waals surface area contributed by atoms with Gasteiger partial charge in [-0.25, -0.2) is 0 Å². The van der Waals surface area contributed by atoms with Crippen LogP contribution < -0.4 is 5.32 Å². The summed E-state index contributed by atoms with van der Waals surface area (Å²) in [5.74, 6) is 0. The molecule has 0 atom stereocenters. The number of pyridine rings is 1. The van der Waals surface area contributed by atoms with E-state index in [2.05, 4.69) is 10.3 Å². The summed E-state index contributed by atoms with van der Waals surface area (Å²) in [6.45, 7) is 3.96. The molecule has 3 nitrogen and oxygen atoms in total. The number of benzene rings is 1. The van der Waals surface area contributed by atoms with E-state index in [1.165, 1.54) is 0 Å². The molecule has 0 aliphatic carbocycles. The Hall–Kier alpha value is -2.05. The molecule has 0 bridgehead atoms. The van der Waals surface area contributed by atoms with Gasteiger partial charge in [0.15, 0.2) is 0 Å². The Balaban J connectivity index is 2.35. The molecule has 2 rings (SSSR count). The van der Waals surface area contributed by atoms with Crippen molar-refractivity contribution in [1.29, 1.82) is 5.26 Å². The lowest BCUT2D eigenvalue weighted by molar-refractivity contribution is 1.18. The highest BCUT2D eigenvalue weighted by atomic mass is 35.5. The van der Waals surface area contributed by atoms with Gasteiger partial charge < -0.3 is 5.32 Å². The van der Waals surface area contributed by atoms with Gasteiger partial charge in [0, 0.05) is 11.9 Å². The first-order valence-corrected chi connectivity index (χ1v) is 5.88. The zero-order chi connectivity index (χ0) is 13.1. The van der Waals surface area contributed by atoms with Crippen molar-refractivity contribution in [2.24, 2.45) is 0 Å². The molecule has 0 aliphatic rings. The van der Waals surface area contributed by atoms with Gasteiger partial charge in [-0.2, -0.15) is 5.26 Å². The molecule has 1 aromatic heterocycles. The fraction of sp³-hybridized carbons (Fsp3) is 0.143. The van der Waals surface area contributed by atoms with Gasteiger partial charge in [-0.1, -0.05) is 11.6 Å². The molecule has 0 radical (unpaired) electrons. The van der Waals surface area contributed by atoms with Gasteiger partial charge >= 0.3 is 0 Å². The van der Waals surface area contributed by atoms with Gasteiger partial charge in [-0.05, 0) is 43.7 Å². The maximum Gasteiger partial charge on any atom is 0.101 e. The van der Waals surface area contributed by atoms with Crippen LogP contribution >= 0.6 is 11.6 Å². The van der Waals surface area contributed by atoms with E-state index in [1.807, 2.05) is 32.0 Å². The summed E-state index contributed by atoms with van der Waals surface area (Å²) in [5.41, 5.74) is 4.33. The topological polar surface area (TPSA) is 48.7 Å². The van der Waals surface area contributed by atoms with Gasteiger partial charge in [0.05, 0.1) is 22.0 Å². The van der Waals surface area contributed by atoms with Crippen molar-refractivity contribution in [3.05, 3.63) is 52.3 Å². The molecule has 90 valence electrons. The SMILES string of the molecule is Cc1ccnc(C)c1Nc1ccc(C#N)c(Cl)c1. The van der Waals surface area contributed by atoms with Crippen LogP contribution in [0.4, 0.5) is 11.4 Å². The lowest BCUT2D eigenvalue weighted by Crippen LogP contribution is -1.98. The van der Waals surface area contributed by atoms with E-state index >= 15 is 0 Å². The summed E-state index contributed by atoms with van der Waals surface area (Å²) in [6, 6.07) is 9.25. The molecule has 0 amide bonds. The first kappa shape index (κ1) is 12.4. The van der Waals surface area contributed by atoms with E-state index in [9.17, 15) is 0 Å². The Morgan fingerprint density at radius 3 is 2.67 bits per heavy atom. The Morgan fingerprint density at radius 1 is 1.28 bits per heavy atom. The average Bonchev–Trinajstić information content (AvgIpc) is 2.34. The predicted octanol–water partition coefficient (Wildman–Crippen LogP) is 3.97. The third-order valence-electron chi connectivity index (χ3n) is 2.71. The molecular weight excluding hydrogens is 246 g/mol. The van der Waals surface area contributed by atoms with Gasteiger partial charge in [-0.15, -0.1) is 0 Å². The van der Waals surface area contributed by atoms with Crippen LogP contribution in [-0.2, 0) is 0 Å². The van der Waals surface area contributed by atoms with E-state index in [-0.39, 0.29) is 0 Å². The van der Waals surface area contributed by atoms with Crippen LogP contribution in [0.5, 0.6) is 0 Å². The number of anilines is 2. The number of nitrogens with one attached hydrogen (secondary N) is 1. The van der Waals surface area contributed by atoms with Crippen LogP contribution in [0.3, 0.4) is 0 Å². The van der Waals surface area contributed by atoms with Gasteiger partial charge in [0.25, 0.3) is 0 Å². The summed E-state index contributed by atoms with van der Waals surface area (Å²) in [6.07, 6.45) is 1.78. The first-order chi connectivity index (χ1) is 8.61. The van der Waals surface area contributed by atoms with Gasteiger partial charge in [0.2, 0.25) is 0 Å². The molecule has 18 heavy (non-hydrogen) atoms. The predicted molar refractivity (Wildman–Crippen MR) is 73.2 cm³/mol. The van der Waals surface area contributed by atoms with E-state index in [4.69, 9.17) is 16.9 Å². The Bertz CT molecular complexity index is 609. The highest BCUT2D eigenvalue weighted by molar-refractivity contribution is 6.32. The standard InChI is InChI=1S/C14H12ClN3/c1-9-5-6-17-10(2)14(9)18-12-4-3-11(8-16)13(15)7-12/h3-7,18H,1-2H3. The highest BCUT2D eigenvalue weighted by Gasteiger charge is 2.05. The number of hydrogen-bond donors (Lipinski definition) is 1. The fourth-order valence-corrected chi connectivity index (χ4v) is 1.93. The lowest BCUT2D eigenvalue weighted by Gasteiger charge is -2.12. The fourth-order valence-electron chi connectivity index (χ4n) is 1.71. The lowest BCUT2D eigenvalue weighted by atomic mass is 10.1. The van der Waals surface area contributed by atoms with Crippen LogP contribution in [0.2, 0.25) is 5.02 Å². The van der Waals surface area contributed by atoms with Crippen LogP contribution in [0, 0.1) is 25.2 Å². The quantitative estimate of drug-likeness (QED) is 0.886. The maximum absolute atomic E-state index is 8.82. The third kappa shape index (κ3) is 2.44. The average molecular weight is 258 g/mol. The summed E-state index contributed by atoms with van der Waals surface area (Å²) in [4.78, 5) is 4.24. The second kappa shape index (κ2) is 5.07. The second-order valence-electron chi connectivity index (χ2n) is 4.02. The number of aromatic nitrogens is 1. The Labute approximate surface area is 111 Å². The first-order valence-electron chi connectivity index (χ1n) is 5.50. The molecule has 0 spiro atoms. The molecular formula is C14H12ClN3. The number of hydrogen-bond acceptors (Lipinski definition) is 3. The molecule has 1 N–H and O–H groups in total. The minimum atomic E-state index is 0.446. The van der Waals surface area contributed by atoms with Crippen molar-refractivity contribution in [1.82, 2.24) is 4.98 Å². The number of halogens is 1. The number of rotatable bonds is 2. The maximum atomic E-state index is 8.82. The third-order valence-corrected chi connectivity index (χ3v) is 3.02. The molecule has 0 unspecified atom stereocenters. The smallest absolute Gasteiger partial charge is 0.101 e. The van der Waals surface area contributed by atoms with Crippen molar-refractivity contribution in [2.45, 2.75) is 13.8 Å². The summed E-state index contributed by atoms with van der Waals surface area (Å²) < 4.78 is 0.